The monoisotopic (exact) mass is 415 g/mol. The quantitative estimate of drug-likeness (QED) is 0.749. The summed E-state index contributed by atoms with van der Waals surface area (Å²) in [6.07, 6.45) is 0. The van der Waals surface area contributed by atoms with Crippen LogP contribution in [-0.4, -0.2) is 55.5 Å². The third-order valence-corrected chi connectivity index (χ3v) is 5.62. The van der Waals surface area contributed by atoms with Gasteiger partial charge >= 0.3 is 0 Å². The number of hydrogen-bond donors (Lipinski definition) is 1. The Hall–Kier alpha value is -2.08. The van der Waals surface area contributed by atoms with Gasteiger partial charge in [-0.15, -0.1) is 0 Å². The SMILES string of the molecule is COc1ccc(C)cc1CN1CCN(CC(=O)N[C@H](C)c2cccc(Cl)c2)CC1. The van der Waals surface area contributed by atoms with Crippen LogP contribution in [0.1, 0.15) is 29.7 Å². The van der Waals surface area contributed by atoms with Crippen molar-refractivity contribution in [1.29, 1.82) is 0 Å². The fourth-order valence-electron chi connectivity index (χ4n) is 3.73. The minimum absolute atomic E-state index is 0.0475. The number of nitrogens with one attached hydrogen (secondary N) is 1. The average Bonchev–Trinajstić information content (AvgIpc) is 2.69. The van der Waals surface area contributed by atoms with Gasteiger partial charge in [-0.1, -0.05) is 41.4 Å². The van der Waals surface area contributed by atoms with Crippen molar-refractivity contribution in [2.75, 3.05) is 39.8 Å². The third-order valence-electron chi connectivity index (χ3n) is 5.39. The number of benzene rings is 2. The molecule has 0 aliphatic carbocycles. The Labute approximate surface area is 178 Å². The Morgan fingerprint density at radius 3 is 2.55 bits per heavy atom. The lowest BCUT2D eigenvalue weighted by atomic mass is 10.1. The van der Waals surface area contributed by atoms with E-state index in [4.69, 9.17) is 16.3 Å². The van der Waals surface area contributed by atoms with Gasteiger partial charge in [0.25, 0.3) is 0 Å². The summed E-state index contributed by atoms with van der Waals surface area (Å²) in [5.74, 6) is 0.985. The zero-order valence-electron chi connectivity index (χ0n) is 17.5. The van der Waals surface area contributed by atoms with Crippen LogP contribution in [0, 0.1) is 6.92 Å². The van der Waals surface area contributed by atoms with Crippen molar-refractivity contribution in [3.05, 3.63) is 64.2 Å². The maximum absolute atomic E-state index is 12.5. The van der Waals surface area contributed by atoms with Crippen LogP contribution in [0.4, 0.5) is 0 Å². The number of rotatable bonds is 7. The molecule has 5 nitrogen and oxygen atoms in total. The second-order valence-electron chi connectivity index (χ2n) is 7.71. The molecule has 3 rings (SSSR count). The molecule has 1 atom stereocenters. The number of halogens is 1. The van der Waals surface area contributed by atoms with Gasteiger partial charge in [0.15, 0.2) is 0 Å². The summed E-state index contributed by atoms with van der Waals surface area (Å²) in [5.41, 5.74) is 3.47. The predicted molar refractivity (Wildman–Crippen MR) is 117 cm³/mol. The molecule has 0 aromatic heterocycles. The first-order valence-corrected chi connectivity index (χ1v) is 10.5. The summed E-state index contributed by atoms with van der Waals surface area (Å²) in [7, 11) is 1.72. The fraction of sp³-hybridized carbons (Fsp3) is 0.435. The predicted octanol–water partition coefficient (Wildman–Crippen LogP) is 3.65. The largest absolute Gasteiger partial charge is 0.496 e. The van der Waals surface area contributed by atoms with E-state index in [9.17, 15) is 4.79 Å². The molecule has 0 saturated carbocycles. The molecule has 1 aliphatic rings. The lowest BCUT2D eigenvalue weighted by Crippen LogP contribution is -2.49. The molecule has 0 radical (unpaired) electrons. The average molecular weight is 416 g/mol. The first-order valence-electron chi connectivity index (χ1n) is 10.1. The standard InChI is InChI=1S/C23H30ClN3O2/c1-17-7-8-22(29-3)20(13-17)15-26-9-11-27(12-10-26)16-23(28)25-18(2)19-5-4-6-21(24)14-19/h4-8,13-14,18H,9-12,15-16H2,1-3H3,(H,25,28)/t18-/m1/s1. The molecule has 1 N–H and O–H groups in total. The van der Waals surface area contributed by atoms with Crippen LogP contribution < -0.4 is 10.1 Å². The van der Waals surface area contributed by atoms with Crippen molar-refractivity contribution in [3.8, 4) is 5.75 Å². The summed E-state index contributed by atoms with van der Waals surface area (Å²) >= 11 is 6.05. The van der Waals surface area contributed by atoms with E-state index in [0.717, 1.165) is 44.0 Å². The molecule has 1 aliphatic heterocycles. The van der Waals surface area contributed by atoms with E-state index in [0.29, 0.717) is 11.6 Å². The van der Waals surface area contributed by atoms with Gasteiger partial charge in [-0.2, -0.15) is 0 Å². The fourth-order valence-corrected chi connectivity index (χ4v) is 3.93. The van der Waals surface area contributed by atoms with Crippen molar-refractivity contribution in [3.63, 3.8) is 0 Å². The molecule has 0 spiro atoms. The van der Waals surface area contributed by atoms with Crippen molar-refractivity contribution in [2.45, 2.75) is 26.4 Å². The summed E-state index contributed by atoms with van der Waals surface area (Å²) in [5, 5.41) is 3.76. The topological polar surface area (TPSA) is 44.8 Å². The molecular formula is C23H30ClN3O2. The Morgan fingerprint density at radius 2 is 1.86 bits per heavy atom. The lowest BCUT2D eigenvalue weighted by Gasteiger charge is -2.34. The zero-order chi connectivity index (χ0) is 20.8. The van der Waals surface area contributed by atoms with Crippen molar-refractivity contribution in [2.24, 2.45) is 0 Å². The molecule has 29 heavy (non-hydrogen) atoms. The third kappa shape index (κ3) is 6.20. The van der Waals surface area contributed by atoms with Crippen molar-refractivity contribution < 1.29 is 9.53 Å². The molecule has 1 saturated heterocycles. The van der Waals surface area contributed by atoms with Gasteiger partial charge in [-0.3, -0.25) is 14.6 Å². The zero-order valence-corrected chi connectivity index (χ0v) is 18.2. The van der Waals surface area contributed by atoms with E-state index < -0.39 is 0 Å². The van der Waals surface area contributed by atoms with E-state index in [1.807, 2.05) is 37.3 Å². The minimum atomic E-state index is -0.0590. The highest BCUT2D eigenvalue weighted by Gasteiger charge is 2.21. The van der Waals surface area contributed by atoms with Gasteiger partial charge in [0.1, 0.15) is 5.75 Å². The number of methoxy groups -OCH3 is 1. The Morgan fingerprint density at radius 1 is 1.14 bits per heavy atom. The van der Waals surface area contributed by atoms with Crippen molar-refractivity contribution >= 4 is 17.5 Å². The number of hydrogen-bond acceptors (Lipinski definition) is 4. The minimum Gasteiger partial charge on any atom is -0.496 e. The van der Waals surface area contributed by atoms with E-state index in [1.54, 1.807) is 7.11 Å². The van der Waals surface area contributed by atoms with Crippen LogP contribution in [0.3, 0.4) is 0 Å². The molecule has 0 bridgehead atoms. The summed E-state index contributed by atoms with van der Waals surface area (Å²) < 4.78 is 5.50. The summed E-state index contributed by atoms with van der Waals surface area (Å²) in [6.45, 7) is 9.02. The van der Waals surface area contributed by atoms with Gasteiger partial charge in [0.2, 0.25) is 5.91 Å². The maximum Gasteiger partial charge on any atom is 0.234 e. The second-order valence-corrected chi connectivity index (χ2v) is 8.15. The molecular weight excluding hydrogens is 386 g/mol. The lowest BCUT2D eigenvalue weighted by molar-refractivity contribution is -0.123. The highest BCUT2D eigenvalue weighted by Crippen LogP contribution is 2.22. The van der Waals surface area contributed by atoms with Crippen LogP contribution in [0.15, 0.2) is 42.5 Å². The molecule has 1 fully saturated rings. The van der Waals surface area contributed by atoms with Crippen LogP contribution in [0.5, 0.6) is 5.75 Å². The Balaban J connectivity index is 1.46. The summed E-state index contributed by atoms with van der Waals surface area (Å²) in [4.78, 5) is 17.1. The van der Waals surface area contributed by atoms with Gasteiger partial charge in [0, 0.05) is 43.3 Å². The van der Waals surface area contributed by atoms with Crippen LogP contribution in [-0.2, 0) is 11.3 Å². The number of aryl methyl sites for hydroxylation is 1. The second kappa shape index (κ2) is 10.1. The van der Waals surface area contributed by atoms with E-state index >= 15 is 0 Å². The Kier molecular flexibility index (Phi) is 7.53. The van der Waals surface area contributed by atoms with Gasteiger partial charge in [-0.05, 0) is 37.6 Å². The Bertz CT molecular complexity index is 835. The molecule has 156 valence electrons. The number of amides is 1. The normalized spacial score (nSPS) is 16.4. The van der Waals surface area contributed by atoms with Crippen molar-refractivity contribution in [1.82, 2.24) is 15.1 Å². The number of nitrogens with zero attached hydrogens (tertiary/aromatic N) is 2. The first-order chi connectivity index (χ1) is 13.9. The molecule has 2 aromatic carbocycles. The smallest absolute Gasteiger partial charge is 0.234 e. The molecule has 2 aromatic rings. The molecule has 6 heteroatoms. The van der Waals surface area contributed by atoms with E-state index in [-0.39, 0.29) is 11.9 Å². The maximum atomic E-state index is 12.5. The molecule has 1 amide bonds. The number of carbonyl (C=O) groups excluding carboxylic acids is 1. The number of piperazine rings is 1. The van der Waals surface area contributed by atoms with Crippen LogP contribution in [0.25, 0.3) is 0 Å². The molecule has 1 heterocycles. The highest BCUT2D eigenvalue weighted by molar-refractivity contribution is 6.30. The number of ether oxygens (including phenoxy) is 1. The van der Waals surface area contributed by atoms with Gasteiger partial charge in [0.05, 0.1) is 19.7 Å². The van der Waals surface area contributed by atoms with E-state index in [2.05, 4.69) is 34.2 Å². The van der Waals surface area contributed by atoms with E-state index in [1.165, 1.54) is 11.1 Å². The highest BCUT2D eigenvalue weighted by atomic mass is 35.5. The molecule has 0 unspecified atom stereocenters. The van der Waals surface area contributed by atoms with Crippen LogP contribution in [0.2, 0.25) is 5.02 Å². The summed E-state index contributed by atoms with van der Waals surface area (Å²) in [6, 6.07) is 13.9. The number of carbonyl (C=O) groups is 1. The first kappa shape index (κ1) is 21.6. The van der Waals surface area contributed by atoms with Gasteiger partial charge in [-0.25, -0.2) is 0 Å². The van der Waals surface area contributed by atoms with Crippen LogP contribution >= 0.6 is 11.6 Å². The van der Waals surface area contributed by atoms with Gasteiger partial charge < -0.3 is 10.1 Å².